The van der Waals surface area contributed by atoms with E-state index in [-0.39, 0.29) is 18.6 Å². The number of nitrogens with one attached hydrogen (secondary N) is 1. The molecule has 0 saturated carbocycles. The number of hydrogen-bond acceptors (Lipinski definition) is 4. The maximum absolute atomic E-state index is 12.0. The molecule has 2 atom stereocenters. The molecule has 5 heteroatoms. The summed E-state index contributed by atoms with van der Waals surface area (Å²) in [6.45, 7) is 2.72. The summed E-state index contributed by atoms with van der Waals surface area (Å²) in [6, 6.07) is 5.46. The van der Waals surface area contributed by atoms with Crippen LogP contribution in [0.25, 0.3) is 0 Å². The third-order valence-corrected chi connectivity index (χ3v) is 2.98. The highest BCUT2D eigenvalue weighted by molar-refractivity contribution is 5.86. The number of nitrogens with two attached hydrogens (primary N) is 1. The highest BCUT2D eigenvalue weighted by atomic mass is 16.5. The SMILES string of the molecule is C[C@@H](NC(=O)C1(N)CCOC1)c1ccccn1. The molecular formula is C12H17N3O2. The molecule has 5 nitrogen and oxygen atoms in total. The second-order valence-electron chi connectivity index (χ2n) is 4.41. The number of pyridine rings is 1. The molecule has 17 heavy (non-hydrogen) atoms. The lowest BCUT2D eigenvalue weighted by Gasteiger charge is -2.23. The van der Waals surface area contributed by atoms with E-state index in [1.807, 2.05) is 25.1 Å². The lowest BCUT2D eigenvalue weighted by Crippen LogP contribution is -2.55. The van der Waals surface area contributed by atoms with Gasteiger partial charge in [-0.25, -0.2) is 0 Å². The summed E-state index contributed by atoms with van der Waals surface area (Å²) >= 11 is 0. The van der Waals surface area contributed by atoms with Crippen molar-refractivity contribution in [2.45, 2.75) is 24.9 Å². The zero-order valence-electron chi connectivity index (χ0n) is 9.85. The number of carbonyl (C=O) groups excluding carboxylic acids is 1. The molecule has 2 rings (SSSR count). The van der Waals surface area contributed by atoms with E-state index in [4.69, 9.17) is 10.5 Å². The number of rotatable bonds is 3. The summed E-state index contributed by atoms with van der Waals surface area (Å²) < 4.78 is 5.17. The van der Waals surface area contributed by atoms with Crippen molar-refractivity contribution in [2.24, 2.45) is 5.73 Å². The maximum atomic E-state index is 12.0. The minimum absolute atomic E-state index is 0.148. The molecule has 0 aromatic carbocycles. The van der Waals surface area contributed by atoms with Gasteiger partial charge in [0.1, 0.15) is 5.54 Å². The van der Waals surface area contributed by atoms with E-state index in [0.717, 1.165) is 5.69 Å². The Morgan fingerprint density at radius 1 is 1.65 bits per heavy atom. The molecule has 0 aliphatic carbocycles. The van der Waals surface area contributed by atoms with Crippen molar-refractivity contribution in [3.05, 3.63) is 30.1 Å². The lowest BCUT2D eigenvalue weighted by atomic mass is 9.98. The highest BCUT2D eigenvalue weighted by Gasteiger charge is 2.38. The van der Waals surface area contributed by atoms with Gasteiger partial charge >= 0.3 is 0 Å². The Morgan fingerprint density at radius 2 is 2.47 bits per heavy atom. The number of carbonyl (C=O) groups is 1. The molecule has 1 aliphatic heterocycles. The maximum Gasteiger partial charge on any atom is 0.243 e. The largest absolute Gasteiger partial charge is 0.379 e. The highest BCUT2D eigenvalue weighted by Crippen LogP contribution is 2.17. The quantitative estimate of drug-likeness (QED) is 0.794. The molecular weight excluding hydrogens is 218 g/mol. The second kappa shape index (κ2) is 4.81. The fourth-order valence-corrected chi connectivity index (χ4v) is 1.81. The first-order chi connectivity index (χ1) is 8.12. The average Bonchev–Trinajstić information content (AvgIpc) is 2.78. The van der Waals surface area contributed by atoms with Gasteiger partial charge in [-0.05, 0) is 25.5 Å². The first-order valence-corrected chi connectivity index (χ1v) is 5.70. The first-order valence-electron chi connectivity index (χ1n) is 5.70. The van der Waals surface area contributed by atoms with Crippen LogP contribution >= 0.6 is 0 Å². The van der Waals surface area contributed by atoms with Gasteiger partial charge in [-0.15, -0.1) is 0 Å². The van der Waals surface area contributed by atoms with Crippen LogP contribution in [0.2, 0.25) is 0 Å². The summed E-state index contributed by atoms with van der Waals surface area (Å²) in [5.41, 5.74) is 5.91. The average molecular weight is 235 g/mol. The summed E-state index contributed by atoms with van der Waals surface area (Å²) in [6.07, 6.45) is 2.27. The van der Waals surface area contributed by atoms with Crippen molar-refractivity contribution < 1.29 is 9.53 Å². The number of ether oxygens (including phenoxy) is 1. The van der Waals surface area contributed by atoms with E-state index in [0.29, 0.717) is 13.0 Å². The van der Waals surface area contributed by atoms with E-state index >= 15 is 0 Å². The van der Waals surface area contributed by atoms with Crippen molar-refractivity contribution in [3.8, 4) is 0 Å². The van der Waals surface area contributed by atoms with Crippen LogP contribution in [0, 0.1) is 0 Å². The van der Waals surface area contributed by atoms with Crippen molar-refractivity contribution in [2.75, 3.05) is 13.2 Å². The van der Waals surface area contributed by atoms with Crippen molar-refractivity contribution in [3.63, 3.8) is 0 Å². The molecule has 1 amide bonds. The first kappa shape index (κ1) is 12.0. The van der Waals surface area contributed by atoms with E-state index in [9.17, 15) is 4.79 Å². The topological polar surface area (TPSA) is 77.2 Å². The van der Waals surface area contributed by atoms with Gasteiger partial charge < -0.3 is 15.8 Å². The molecule has 1 saturated heterocycles. The molecule has 1 fully saturated rings. The standard InChI is InChI=1S/C12H17N3O2/c1-9(10-4-2-3-6-14-10)15-11(16)12(13)5-7-17-8-12/h2-4,6,9H,5,7-8,13H2,1H3,(H,15,16)/t9-,12?/m1/s1. The lowest BCUT2D eigenvalue weighted by molar-refractivity contribution is -0.127. The van der Waals surface area contributed by atoms with E-state index in [1.54, 1.807) is 6.20 Å². The van der Waals surface area contributed by atoms with Crippen LogP contribution in [-0.4, -0.2) is 29.6 Å². The van der Waals surface area contributed by atoms with Crippen molar-refractivity contribution >= 4 is 5.91 Å². The van der Waals surface area contributed by atoms with Gasteiger partial charge in [-0.1, -0.05) is 6.07 Å². The van der Waals surface area contributed by atoms with Gasteiger partial charge in [-0.2, -0.15) is 0 Å². The summed E-state index contributed by atoms with van der Waals surface area (Å²) in [5, 5.41) is 2.87. The molecule has 0 bridgehead atoms. The summed E-state index contributed by atoms with van der Waals surface area (Å²) in [5.74, 6) is -0.173. The predicted octanol–water partition coefficient (Wildman–Crippen LogP) is 0.377. The van der Waals surface area contributed by atoms with Gasteiger partial charge in [-0.3, -0.25) is 9.78 Å². The zero-order valence-corrected chi connectivity index (χ0v) is 9.85. The van der Waals surface area contributed by atoms with Crippen LogP contribution in [0.4, 0.5) is 0 Å². The van der Waals surface area contributed by atoms with E-state index in [2.05, 4.69) is 10.3 Å². The Kier molecular flexibility index (Phi) is 3.40. The minimum atomic E-state index is -0.886. The van der Waals surface area contributed by atoms with Crippen LogP contribution in [-0.2, 0) is 9.53 Å². The van der Waals surface area contributed by atoms with Crippen molar-refractivity contribution in [1.82, 2.24) is 10.3 Å². The Hall–Kier alpha value is -1.46. The molecule has 0 spiro atoms. The molecule has 1 aromatic heterocycles. The fraction of sp³-hybridized carbons (Fsp3) is 0.500. The fourth-order valence-electron chi connectivity index (χ4n) is 1.81. The number of nitrogens with zero attached hydrogens (tertiary/aromatic N) is 1. The van der Waals surface area contributed by atoms with Crippen LogP contribution in [0.15, 0.2) is 24.4 Å². The Morgan fingerprint density at radius 3 is 3.06 bits per heavy atom. The number of amides is 1. The Balaban J connectivity index is 1.99. The Labute approximate surface area is 100 Å². The Bertz CT molecular complexity index is 388. The van der Waals surface area contributed by atoms with Gasteiger partial charge in [0, 0.05) is 12.8 Å². The normalized spacial score (nSPS) is 25.5. The number of hydrogen-bond donors (Lipinski definition) is 2. The van der Waals surface area contributed by atoms with Crippen LogP contribution in [0.5, 0.6) is 0 Å². The van der Waals surface area contributed by atoms with Gasteiger partial charge in [0.2, 0.25) is 5.91 Å². The molecule has 92 valence electrons. The minimum Gasteiger partial charge on any atom is -0.379 e. The number of aromatic nitrogens is 1. The summed E-state index contributed by atoms with van der Waals surface area (Å²) in [7, 11) is 0. The molecule has 2 heterocycles. The van der Waals surface area contributed by atoms with Crippen molar-refractivity contribution in [1.29, 1.82) is 0 Å². The summed E-state index contributed by atoms with van der Waals surface area (Å²) in [4.78, 5) is 16.2. The van der Waals surface area contributed by atoms with Crippen LogP contribution < -0.4 is 11.1 Å². The van der Waals surface area contributed by atoms with Crippen LogP contribution in [0.1, 0.15) is 25.1 Å². The monoisotopic (exact) mass is 235 g/mol. The molecule has 1 aromatic rings. The van der Waals surface area contributed by atoms with Gasteiger partial charge in [0.05, 0.1) is 18.3 Å². The second-order valence-corrected chi connectivity index (χ2v) is 4.41. The van der Waals surface area contributed by atoms with Crippen LogP contribution in [0.3, 0.4) is 0 Å². The molecule has 0 radical (unpaired) electrons. The molecule has 3 N–H and O–H groups in total. The molecule has 1 unspecified atom stereocenters. The van der Waals surface area contributed by atoms with Gasteiger partial charge in [0.15, 0.2) is 0 Å². The van der Waals surface area contributed by atoms with Gasteiger partial charge in [0.25, 0.3) is 0 Å². The van der Waals surface area contributed by atoms with E-state index in [1.165, 1.54) is 0 Å². The third kappa shape index (κ3) is 2.62. The van der Waals surface area contributed by atoms with E-state index < -0.39 is 5.54 Å². The smallest absolute Gasteiger partial charge is 0.243 e. The third-order valence-electron chi connectivity index (χ3n) is 2.98. The predicted molar refractivity (Wildman–Crippen MR) is 63.1 cm³/mol. The molecule has 1 aliphatic rings. The zero-order chi connectivity index (χ0) is 12.3.